The molecule has 0 bridgehead atoms. The van der Waals surface area contributed by atoms with Crippen LogP contribution in [-0.2, 0) is 5.60 Å². The van der Waals surface area contributed by atoms with Crippen LogP contribution in [0, 0.1) is 5.82 Å². The summed E-state index contributed by atoms with van der Waals surface area (Å²) in [7, 11) is 0. The van der Waals surface area contributed by atoms with E-state index in [-0.39, 0.29) is 30.2 Å². The fourth-order valence-electron chi connectivity index (χ4n) is 3.87. The fourth-order valence-corrected chi connectivity index (χ4v) is 3.87. The molecule has 2 unspecified atom stereocenters. The Balaban J connectivity index is 0.00000147. The van der Waals surface area contributed by atoms with Crippen LogP contribution in [0.1, 0.15) is 56.6 Å². The van der Waals surface area contributed by atoms with Gasteiger partial charge >= 0.3 is 0 Å². The summed E-state index contributed by atoms with van der Waals surface area (Å²) in [6, 6.07) is 5.26. The SMILES string of the molecule is CC(C)NC1CCCCC2c3cc(F)ccc3[C@]12O.Cl. The van der Waals surface area contributed by atoms with Crippen LogP contribution in [-0.4, -0.2) is 17.2 Å². The summed E-state index contributed by atoms with van der Waals surface area (Å²) in [6.45, 7) is 4.21. The van der Waals surface area contributed by atoms with Crippen molar-refractivity contribution in [1.29, 1.82) is 0 Å². The second-order valence-electron chi connectivity index (χ2n) is 6.27. The molecule has 2 aliphatic carbocycles. The van der Waals surface area contributed by atoms with E-state index in [0.29, 0.717) is 6.04 Å². The first-order valence-corrected chi connectivity index (χ1v) is 7.32. The summed E-state index contributed by atoms with van der Waals surface area (Å²) in [5.74, 6) is -0.102. The van der Waals surface area contributed by atoms with Gasteiger partial charge in [-0.15, -0.1) is 12.4 Å². The lowest BCUT2D eigenvalue weighted by Crippen LogP contribution is -2.58. The lowest BCUT2D eigenvalue weighted by atomic mass is 9.60. The van der Waals surface area contributed by atoms with Gasteiger partial charge in [-0.25, -0.2) is 4.39 Å². The molecule has 3 atom stereocenters. The Labute approximate surface area is 126 Å². The van der Waals surface area contributed by atoms with E-state index in [1.165, 1.54) is 6.07 Å². The molecule has 1 aromatic rings. The Morgan fingerprint density at radius 1 is 1.30 bits per heavy atom. The van der Waals surface area contributed by atoms with Gasteiger partial charge in [-0.2, -0.15) is 0 Å². The molecule has 0 aromatic heterocycles. The van der Waals surface area contributed by atoms with Crippen molar-refractivity contribution in [2.45, 2.75) is 63.1 Å². The number of hydrogen-bond donors (Lipinski definition) is 2. The second kappa shape index (κ2) is 5.63. The van der Waals surface area contributed by atoms with E-state index in [0.717, 1.165) is 36.8 Å². The summed E-state index contributed by atoms with van der Waals surface area (Å²) in [6.07, 6.45) is 4.18. The number of hydrogen-bond acceptors (Lipinski definition) is 2. The minimum absolute atomic E-state index is 0. The maximum Gasteiger partial charge on any atom is 0.123 e. The maximum atomic E-state index is 13.4. The molecule has 1 aromatic carbocycles. The van der Waals surface area contributed by atoms with Crippen molar-refractivity contribution in [3.63, 3.8) is 0 Å². The van der Waals surface area contributed by atoms with Crippen molar-refractivity contribution >= 4 is 12.4 Å². The molecule has 2 nitrogen and oxygen atoms in total. The van der Waals surface area contributed by atoms with Crippen LogP contribution in [0.25, 0.3) is 0 Å². The molecule has 20 heavy (non-hydrogen) atoms. The monoisotopic (exact) mass is 299 g/mol. The lowest BCUT2D eigenvalue weighted by molar-refractivity contribution is -0.0559. The van der Waals surface area contributed by atoms with Gasteiger partial charge in [0.2, 0.25) is 0 Å². The fraction of sp³-hybridized carbons (Fsp3) is 0.625. The summed E-state index contributed by atoms with van der Waals surface area (Å²) in [5.41, 5.74) is 1.14. The number of fused-ring (bicyclic) bond motifs is 4. The van der Waals surface area contributed by atoms with Gasteiger partial charge in [0.25, 0.3) is 0 Å². The van der Waals surface area contributed by atoms with Gasteiger partial charge in [0.1, 0.15) is 11.4 Å². The molecule has 0 aliphatic heterocycles. The van der Waals surface area contributed by atoms with Gasteiger partial charge in [0, 0.05) is 18.0 Å². The van der Waals surface area contributed by atoms with E-state index in [1.807, 2.05) is 0 Å². The first kappa shape index (κ1) is 15.7. The quantitative estimate of drug-likeness (QED) is 0.876. The molecule has 2 aliphatic rings. The predicted molar refractivity (Wildman–Crippen MR) is 80.8 cm³/mol. The molecule has 0 saturated heterocycles. The Morgan fingerprint density at radius 3 is 2.70 bits per heavy atom. The molecular formula is C16H23ClFNO. The molecule has 0 radical (unpaired) electrons. The number of rotatable bonds is 2. The minimum Gasteiger partial charge on any atom is -0.383 e. The van der Waals surface area contributed by atoms with E-state index in [9.17, 15) is 9.50 Å². The number of halogens is 2. The van der Waals surface area contributed by atoms with Crippen LogP contribution in [0.5, 0.6) is 0 Å². The minimum atomic E-state index is -0.802. The molecule has 112 valence electrons. The molecule has 0 spiro atoms. The van der Waals surface area contributed by atoms with Crippen LogP contribution in [0.2, 0.25) is 0 Å². The van der Waals surface area contributed by atoms with Crippen LogP contribution in [0.3, 0.4) is 0 Å². The van der Waals surface area contributed by atoms with Gasteiger partial charge in [0.05, 0.1) is 0 Å². The number of benzene rings is 1. The highest BCUT2D eigenvalue weighted by atomic mass is 35.5. The van der Waals surface area contributed by atoms with Gasteiger partial charge in [-0.1, -0.05) is 32.8 Å². The molecule has 0 amide bonds. The summed E-state index contributed by atoms with van der Waals surface area (Å²) < 4.78 is 13.4. The van der Waals surface area contributed by atoms with E-state index < -0.39 is 5.60 Å². The Hall–Kier alpha value is -0.640. The van der Waals surface area contributed by atoms with E-state index in [1.54, 1.807) is 12.1 Å². The normalized spacial score (nSPS) is 31.6. The van der Waals surface area contributed by atoms with Crippen LogP contribution in [0.15, 0.2) is 18.2 Å². The highest BCUT2D eigenvalue weighted by Gasteiger charge is 2.55. The molecule has 3 rings (SSSR count). The highest BCUT2D eigenvalue weighted by Crippen LogP contribution is 2.56. The van der Waals surface area contributed by atoms with E-state index >= 15 is 0 Å². The Bertz CT molecular complexity index is 493. The highest BCUT2D eigenvalue weighted by molar-refractivity contribution is 5.85. The number of aliphatic hydroxyl groups is 1. The predicted octanol–water partition coefficient (Wildman–Crippen LogP) is 3.47. The Morgan fingerprint density at radius 2 is 2.00 bits per heavy atom. The van der Waals surface area contributed by atoms with Crippen molar-refractivity contribution < 1.29 is 9.50 Å². The molecule has 4 heteroatoms. The zero-order valence-corrected chi connectivity index (χ0v) is 12.8. The van der Waals surface area contributed by atoms with Gasteiger partial charge in [-0.05, 0) is 36.1 Å². The summed E-state index contributed by atoms with van der Waals surface area (Å²) in [5, 5.41) is 14.7. The zero-order valence-electron chi connectivity index (χ0n) is 12.0. The number of nitrogens with one attached hydrogen (secondary N) is 1. The molecule has 1 fully saturated rings. The van der Waals surface area contributed by atoms with Crippen LogP contribution >= 0.6 is 12.4 Å². The third-order valence-electron chi connectivity index (χ3n) is 4.65. The van der Waals surface area contributed by atoms with Crippen molar-refractivity contribution in [3.8, 4) is 0 Å². The van der Waals surface area contributed by atoms with E-state index in [2.05, 4.69) is 19.2 Å². The molecule has 0 heterocycles. The van der Waals surface area contributed by atoms with Crippen molar-refractivity contribution in [1.82, 2.24) is 5.32 Å². The summed E-state index contributed by atoms with van der Waals surface area (Å²) >= 11 is 0. The van der Waals surface area contributed by atoms with Crippen molar-refractivity contribution in [3.05, 3.63) is 35.1 Å². The zero-order chi connectivity index (χ0) is 13.6. The van der Waals surface area contributed by atoms with Gasteiger partial charge in [0.15, 0.2) is 0 Å². The third kappa shape index (κ3) is 2.26. The second-order valence-corrected chi connectivity index (χ2v) is 6.27. The smallest absolute Gasteiger partial charge is 0.123 e. The van der Waals surface area contributed by atoms with Crippen molar-refractivity contribution in [2.24, 2.45) is 0 Å². The summed E-state index contributed by atoms with van der Waals surface area (Å²) in [4.78, 5) is 0. The topological polar surface area (TPSA) is 32.3 Å². The van der Waals surface area contributed by atoms with Crippen LogP contribution < -0.4 is 5.32 Å². The average molecular weight is 300 g/mol. The first-order valence-electron chi connectivity index (χ1n) is 7.32. The third-order valence-corrected chi connectivity index (χ3v) is 4.65. The molecular weight excluding hydrogens is 277 g/mol. The maximum absolute atomic E-state index is 13.4. The van der Waals surface area contributed by atoms with Gasteiger partial charge in [-0.3, -0.25) is 0 Å². The van der Waals surface area contributed by atoms with Crippen molar-refractivity contribution in [2.75, 3.05) is 0 Å². The molecule has 1 saturated carbocycles. The van der Waals surface area contributed by atoms with E-state index in [4.69, 9.17) is 0 Å². The Kier molecular flexibility index (Phi) is 4.43. The van der Waals surface area contributed by atoms with Gasteiger partial charge < -0.3 is 10.4 Å². The van der Waals surface area contributed by atoms with Crippen LogP contribution in [0.4, 0.5) is 4.39 Å². The molecule has 2 N–H and O–H groups in total. The standard InChI is InChI=1S/C16H22FNO.ClH/c1-10(2)18-15-6-4-3-5-13-12-9-11(17)7-8-14(12)16(13,15)19;/h7-10,13,15,18-19H,3-6H2,1-2H3;1H/t13?,15?,16-;/m0./s1. The largest absolute Gasteiger partial charge is 0.383 e. The first-order chi connectivity index (χ1) is 9.03. The lowest BCUT2D eigenvalue weighted by Gasteiger charge is -2.51. The average Bonchev–Trinajstić information content (AvgIpc) is 2.47.